The highest BCUT2D eigenvalue weighted by atomic mass is 16.5. The summed E-state index contributed by atoms with van der Waals surface area (Å²) in [6.07, 6.45) is 3.21. The Balaban J connectivity index is 1.82. The summed E-state index contributed by atoms with van der Waals surface area (Å²) in [7, 11) is 5.30. The summed E-state index contributed by atoms with van der Waals surface area (Å²) in [6.45, 7) is 6.69. The van der Waals surface area contributed by atoms with Crippen LogP contribution in [-0.2, 0) is 4.74 Å². The van der Waals surface area contributed by atoms with E-state index in [1.54, 1.807) is 20.4 Å². The van der Waals surface area contributed by atoms with Crippen molar-refractivity contribution in [3.05, 3.63) is 64.9 Å². The molecule has 0 aliphatic carbocycles. The highest BCUT2D eigenvalue weighted by Gasteiger charge is 2.26. The van der Waals surface area contributed by atoms with Crippen LogP contribution in [0.25, 0.3) is 5.57 Å². The quantitative estimate of drug-likeness (QED) is 0.338. The number of nitrogens with zero attached hydrogens (tertiary/aromatic N) is 2. The van der Waals surface area contributed by atoms with Crippen molar-refractivity contribution in [2.24, 2.45) is 10.7 Å². The summed E-state index contributed by atoms with van der Waals surface area (Å²) < 4.78 is 11.0. The van der Waals surface area contributed by atoms with Gasteiger partial charge in [-0.2, -0.15) is 0 Å². The Labute approximate surface area is 208 Å². The Morgan fingerprint density at radius 1 is 1.26 bits per heavy atom. The SMILES string of the molecule is CN=C/C(=C\N)c1cc(OCCOC)cc(C(C)NC(=O)c2cc(N3CC(NC)C3)ccc2C)c1. The zero-order chi connectivity index (χ0) is 25.4. The molecule has 2 aromatic rings. The number of hydrogen-bond acceptors (Lipinski definition) is 7. The second-order valence-corrected chi connectivity index (χ2v) is 8.73. The summed E-state index contributed by atoms with van der Waals surface area (Å²) in [5, 5.41) is 6.43. The standard InChI is InChI=1S/C27H37N5O3/c1-18-6-7-24(32-16-23(17-32)30-4)13-26(18)27(33)31-19(2)20-10-21(22(14-28)15-29-3)12-25(11-20)35-9-8-34-5/h6-7,10-15,19,23,30H,8-9,16-17,28H2,1-5H3,(H,31,33)/b22-14+,29-15?. The van der Waals surface area contributed by atoms with E-state index in [4.69, 9.17) is 15.2 Å². The van der Waals surface area contributed by atoms with Gasteiger partial charge in [0.2, 0.25) is 0 Å². The molecule has 1 aliphatic heterocycles. The fraction of sp³-hybridized carbons (Fsp3) is 0.407. The van der Waals surface area contributed by atoms with E-state index in [0.29, 0.717) is 30.6 Å². The van der Waals surface area contributed by atoms with Crippen LogP contribution < -0.4 is 26.0 Å². The van der Waals surface area contributed by atoms with Crippen LogP contribution >= 0.6 is 0 Å². The van der Waals surface area contributed by atoms with Crippen molar-refractivity contribution in [2.45, 2.75) is 25.9 Å². The normalized spacial score (nSPS) is 15.2. The van der Waals surface area contributed by atoms with Crippen LogP contribution in [0.15, 0.2) is 47.6 Å². The van der Waals surface area contributed by atoms with Crippen LogP contribution in [0.5, 0.6) is 5.75 Å². The van der Waals surface area contributed by atoms with Crippen LogP contribution in [-0.4, -0.2) is 65.7 Å². The molecule has 0 radical (unpaired) electrons. The molecule has 0 spiro atoms. The van der Waals surface area contributed by atoms with Crippen LogP contribution in [0, 0.1) is 6.92 Å². The molecule has 0 saturated carbocycles. The van der Waals surface area contributed by atoms with Crippen LogP contribution in [0.3, 0.4) is 0 Å². The summed E-state index contributed by atoms with van der Waals surface area (Å²) in [6, 6.07) is 12.1. The number of nitrogens with two attached hydrogens (primary N) is 1. The maximum atomic E-state index is 13.3. The average Bonchev–Trinajstić information content (AvgIpc) is 2.82. The van der Waals surface area contributed by atoms with Gasteiger partial charge in [0.05, 0.1) is 12.6 Å². The lowest BCUT2D eigenvalue weighted by molar-refractivity contribution is 0.0939. The van der Waals surface area contributed by atoms with Gasteiger partial charge >= 0.3 is 0 Å². The molecule has 2 aromatic carbocycles. The minimum absolute atomic E-state index is 0.112. The van der Waals surface area contributed by atoms with Gasteiger partial charge in [0, 0.05) is 62.5 Å². The molecule has 1 unspecified atom stereocenters. The lowest BCUT2D eigenvalue weighted by Gasteiger charge is -2.41. The summed E-state index contributed by atoms with van der Waals surface area (Å²) >= 11 is 0. The summed E-state index contributed by atoms with van der Waals surface area (Å²) in [4.78, 5) is 19.6. The number of likely N-dealkylation sites (N-methyl/N-ethyl adjacent to an activating group) is 1. The molecule has 3 rings (SSSR count). The van der Waals surface area contributed by atoms with E-state index in [2.05, 4.69) is 26.6 Å². The predicted octanol–water partition coefficient (Wildman–Crippen LogP) is 2.92. The van der Waals surface area contributed by atoms with Crippen molar-refractivity contribution in [3.63, 3.8) is 0 Å². The van der Waals surface area contributed by atoms with Crippen molar-refractivity contribution in [2.75, 3.05) is 52.4 Å². The zero-order valence-corrected chi connectivity index (χ0v) is 21.3. The van der Waals surface area contributed by atoms with Crippen molar-refractivity contribution in [1.82, 2.24) is 10.6 Å². The van der Waals surface area contributed by atoms with Gasteiger partial charge in [-0.25, -0.2) is 0 Å². The molecule has 1 saturated heterocycles. The highest BCUT2D eigenvalue weighted by molar-refractivity contribution is 6.09. The van der Waals surface area contributed by atoms with E-state index in [9.17, 15) is 4.79 Å². The Morgan fingerprint density at radius 2 is 2.03 bits per heavy atom. The Hall–Kier alpha value is -3.36. The molecule has 0 aromatic heterocycles. The fourth-order valence-electron chi connectivity index (χ4n) is 4.00. The maximum Gasteiger partial charge on any atom is 0.252 e. The predicted molar refractivity (Wildman–Crippen MR) is 143 cm³/mol. The number of nitrogens with one attached hydrogen (secondary N) is 2. The lowest BCUT2D eigenvalue weighted by Crippen LogP contribution is -2.57. The minimum atomic E-state index is -0.259. The van der Waals surface area contributed by atoms with E-state index in [1.807, 2.05) is 51.2 Å². The Morgan fingerprint density at radius 3 is 2.69 bits per heavy atom. The minimum Gasteiger partial charge on any atom is -0.491 e. The molecule has 35 heavy (non-hydrogen) atoms. The monoisotopic (exact) mass is 479 g/mol. The lowest BCUT2D eigenvalue weighted by atomic mass is 9.99. The molecule has 4 N–H and O–H groups in total. The number of ether oxygens (including phenoxy) is 2. The van der Waals surface area contributed by atoms with Gasteiger partial charge in [-0.3, -0.25) is 9.79 Å². The van der Waals surface area contributed by atoms with Gasteiger partial charge in [-0.05, 0) is 67.9 Å². The molecule has 1 amide bonds. The van der Waals surface area contributed by atoms with Crippen molar-refractivity contribution >= 4 is 23.4 Å². The van der Waals surface area contributed by atoms with E-state index >= 15 is 0 Å². The number of aliphatic imine (C=N–C) groups is 1. The topological polar surface area (TPSA) is 101 Å². The smallest absolute Gasteiger partial charge is 0.252 e. The second kappa shape index (κ2) is 12.4. The van der Waals surface area contributed by atoms with Crippen molar-refractivity contribution in [1.29, 1.82) is 0 Å². The second-order valence-electron chi connectivity index (χ2n) is 8.73. The number of amides is 1. The largest absolute Gasteiger partial charge is 0.491 e. The molecular weight excluding hydrogens is 442 g/mol. The van der Waals surface area contributed by atoms with E-state index in [0.717, 1.165) is 41.0 Å². The first-order valence-electron chi connectivity index (χ1n) is 11.8. The van der Waals surface area contributed by atoms with Gasteiger partial charge in [0.25, 0.3) is 5.91 Å². The van der Waals surface area contributed by atoms with Crippen molar-refractivity contribution < 1.29 is 14.3 Å². The van der Waals surface area contributed by atoms with E-state index in [1.165, 1.54) is 6.20 Å². The molecule has 1 aliphatic rings. The first-order chi connectivity index (χ1) is 16.9. The van der Waals surface area contributed by atoms with Crippen molar-refractivity contribution in [3.8, 4) is 5.75 Å². The molecule has 8 nitrogen and oxygen atoms in total. The highest BCUT2D eigenvalue weighted by Crippen LogP contribution is 2.27. The van der Waals surface area contributed by atoms with E-state index in [-0.39, 0.29) is 11.9 Å². The first kappa shape index (κ1) is 26.2. The molecular formula is C27H37N5O3. The van der Waals surface area contributed by atoms with Crippen LogP contribution in [0.2, 0.25) is 0 Å². The van der Waals surface area contributed by atoms with E-state index < -0.39 is 0 Å². The number of carbonyl (C=O) groups is 1. The molecule has 1 fully saturated rings. The van der Waals surface area contributed by atoms with Gasteiger partial charge in [-0.1, -0.05) is 6.07 Å². The maximum absolute atomic E-state index is 13.3. The zero-order valence-electron chi connectivity index (χ0n) is 21.3. The molecule has 0 bridgehead atoms. The molecule has 1 heterocycles. The molecule has 1 atom stereocenters. The number of carbonyl (C=O) groups excluding carboxylic acids is 1. The number of benzene rings is 2. The number of hydrogen-bond donors (Lipinski definition) is 3. The number of methoxy groups -OCH3 is 1. The Bertz CT molecular complexity index is 1080. The molecule has 188 valence electrons. The third kappa shape index (κ3) is 6.61. The van der Waals surface area contributed by atoms with Gasteiger partial charge in [0.1, 0.15) is 12.4 Å². The van der Waals surface area contributed by atoms with Gasteiger partial charge in [-0.15, -0.1) is 0 Å². The third-order valence-corrected chi connectivity index (χ3v) is 6.23. The summed E-state index contributed by atoms with van der Waals surface area (Å²) in [5.74, 6) is 0.564. The van der Waals surface area contributed by atoms with Crippen LogP contribution in [0.4, 0.5) is 5.69 Å². The average molecular weight is 480 g/mol. The number of rotatable bonds is 11. The van der Waals surface area contributed by atoms with Crippen LogP contribution in [0.1, 0.15) is 40.0 Å². The molecule has 8 heteroatoms. The van der Waals surface area contributed by atoms with Gasteiger partial charge < -0.3 is 30.7 Å². The Kier molecular flexibility index (Phi) is 9.28. The number of anilines is 1. The first-order valence-corrected chi connectivity index (χ1v) is 11.8. The fourth-order valence-corrected chi connectivity index (χ4v) is 4.00. The third-order valence-electron chi connectivity index (χ3n) is 6.23. The van der Waals surface area contributed by atoms with Gasteiger partial charge in [0.15, 0.2) is 0 Å². The number of aryl methyl sites for hydroxylation is 1. The summed E-state index contributed by atoms with van der Waals surface area (Å²) in [5.41, 5.74) is 11.1. The number of allylic oxidation sites excluding steroid dienone is 1.